The van der Waals surface area contributed by atoms with Gasteiger partial charge in [-0.1, -0.05) is 29.3 Å². The molecule has 1 atom stereocenters. The number of hydrogen-bond acceptors (Lipinski definition) is 2. The summed E-state index contributed by atoms with van der Waals surface area (Å²) in [5.74, 6) is 0. The van der Waals surface area contributed by atoms with Gasteiger partial charge in [-0.05, 0) is 36.2 Å². The smallest absolute Gasteiger partial charge is 0.320 e. The van der Waals surface area contributed by atoms with Gasteiger partial charge in [-0.3, -0.25) is 0 Å². The molecule has 0 radical (unpaired) electrons. The molecule has 7 heteroatoms. The molecule has 20 heavy (non-hydrogen) atoms. The maximum Gasteiger partial charge on any atom is 0.416 e. The van der Waals surface area contributed by atoms with Crippen LogP contribution >= 0.6 is 34.5 Å². The van der Waals surface area contributed by atoms with Crippen LogP contribution in [-0.2, 0) is 6.18 Å². The normalized spacial score (nSPS) is 13.6. The van der Waals surface area contributed by atoms with Crippen LogP contribution in [0, 0.1) is 6.92 Å². The lowest BCUT2D eigenvalue weighted by atomic mass is 9.96. The van der Waals surface area contributed by atoms with Gasteiger partial charge in [0.05, 0.1) is 20.3 Å². The van der Waals surface area contributed by atoms with Crippen LogP contribution in [0.4, 0.5) is 13.2 Å². The molecule has 0 aliphatic carbocycles. The summed E-state index contributed by atoms with van der Waals surface area (Å²) in [6.45, 7) is 1.59. The summed E-state index contributed by atoms with van der Waals surface area (Å²) in [7, 11) is 0. The van der Waals surface area contributed by atoms with Gasteiger partial charge in [0.2, 0.25) is 0 Å². The van der Waals surface area contributed by atoms with Gasteiger partial charge in [0.25, 0.3) is 0 Å². The first kappa shape index (κ1) is 15.6. The number of alkyl halides is 3. The number of rotatable bonds is 2. The molecular weight excluding hydrogens is 330 g/mol. The zero-order valence-electron chi connectivity index (χ0n) is 10.3. The van der Waals surface area contributed by atoms with Crippen LogP contribution in [-0.4, -0.2) is 0 Å². The van der Waals surface area contributed by atoms with E-state index in [0.717, 1.165) is 12.1 Å². The third-order valence-corrected chi connectivity index (χ3v) is 4.47. The van der Waals surface area contributed by atoms with E-state index in [1.807, 2.05) is 0 Å². The Kier molecular flexibility index (Phi) is 4.35. The van der Waals surface area contributed by atoms with E-state index < -0.39 is 17.8 Å². The summed E-state index contributed by atoms with van der Waals surface area (Å²) < 4.78 is 38.8. The van der Waals surface area contributed by atoms with Crippen LogP contribution in [0.1, 0.15) is 28.3 Å². The molecule has 0 saturated heterocycles. The zero-order valence-corrected chi connectivity index (χ0v) is 12.6. The minimum atomic E-state index is -4.36. The number of nitrogens with two attached hydrogens (primary N) is 1. The molecule has 0 bridgehead atoms. The zero-order chi connectivity index (χ0) is 15.1. The molecule has 2 N–H and O–H groups in total. The highest BCUT2D eigenvalue weighted by Crippen LogP contribution is 2.38. The molecular formula is C13H10Cl2F3NS. The lowest BCUT2D eigenvalue weighted by molar-refractivity contribution is -0.137. The van der Waals surface area contributed by atoms with Crippen molar-refractivity contribution in [2.75, 3.05) is 0 Å². The third-order valence-electron chi connectivity index (χ3n) is 2.95. The van der Waals surface area contributed by atoms with E-state index in [2.05, 4.69) is 0 Å². The number of halogens is 5. The van der Waals surface area contributed by atoms with E-state index in [0.29, 0.717) is 25.4 Å². The molecule has 0 spiro atoms. The predicted octanol–water partition coefficient (Wildman–Crippen LogP) is 5.43. The minimum Gasteiger partial charge on any atom is -0.320 e. The van der Waals surface area contributed by atoms with Crippen molar-refractivity contribution in [1.29, 1.82) is 0 Å². The maximum absolute atomic E-state index is 12.6. The highest BCUT2D eigenvalue weighted by atomic mass is 35.5. The molecule has 1 unspecified atom stereocenters. The molecule has 2 rings (SSSR count). The van der Waals surface area contributed by atoms with Gasteiger partial charge in [-0.2, -0.15) is 13.2 Å². The topological polar surface area (TPSA) is 26.0 Å². The Balaban J connectivity index is 2.41. The first-order valence-corrected chi connectivity index (χ1v) is 7.15. The van der Waals surface area contributed by atoms with E-state index >= 15 is 0 Å². The van der Waals surface area contributed by atoms with Crippen LogP contribution in [0.15, 0.2) is 24.3 Å². The summed E-state index contributed by atoms with van der Waals surface area (Å²) in [4.78, 5) is 0. The van der Waals surface area contributed by atoms with E-state index in [-0.39, 0.29) is 0 Å². The van der Waals surface area contributed by atoms with E-state index in [4.69, 9.17) is 28.9 Å². The second kappa shape index (κ2) is 5.56. The van der Waals surface area contributed by atoms with Crippen LogP contribution in [0.2, 0.25) is 8.67 Å². The maximum atomic E-state index is 12.6. The standard InChI is InChI=1S/C13H10Cl2F3NS/c1-6-4-7(13(16,17)18)2-3-8(6)11(19)9-5-10(14)20-12(9)15/h2-5,11H,19H2,1H3. The van der Waals surface area contributed by atoms with Crippen LogP contribution < -0.4 is 5.73 Å². The van der Waals surface area contributed by atoms with Gasteiger partial charge in [0.15, 0.2) is 0 Å². The molecule has 1 heterocycles. The number of hydrogen-bond donors (Lipinski definition) is 1. The van der Waals surface area contributed by atoms with Gasteiger partial charge in [-0.15, -0.1) is 11.3 Å². The Morgan fingerprint density at radius 2 is 1.80 bits per heavy atom. The second-order valence-electron chi connectivity index (χ2n) is 4.33. The second-order valence-corrected chi connectivity index (χ2v) is 6.61. The fraction of sp³-hybridized carbons (Fsp3) is 0.231. The van der Waals surface area contributed by atoms with Gasteiger partial charge in [-0.25, -0.2) is 0 Å². The van der Waals surface area contributed by atoms with Crippen molar-refractivity contribution >= 4 is 34.5 Å². The molecule has 0 amide bonds. The van der Waals surface area contributed by atoms with Crippen molar-refractivity contribution in [2.45, 2.75) is 19.1 Å². The van der Waals surface area contributed by atoms with Crippen LogP contribution in [0.25, 0.3) is 0 Å². The Bertz CT molecular complexity index is 637. The van der Waals surface area contributed by atoms with Crippen molar-refractivity contribution in [3.8, 4) is 0 Å². The monoisotopic (exact) mass is 339 g/mol. The number of aryl methyl sites for hydroxylation is 1. The molecule has 1 nitrogen and oxygen atoms in total. The van der Waals surface area contributed by atoms with E-state index in [1.54, 1.807) is 13.0 Å². The van der Waals surface area contributed by atoms with Crippen molar-refractivity contribution < 1.29 is 13.2 Å². The van der Waals surface area contributed by atoms with Gasteiger partial charge in [0, 0.05) is 5.56 Å². The fourth-order valence-corrected chi connectivity index (χ4v) is 3.48. The molecule has 108 valence electrons. The van der Waals surface area contributed by atoms with Gasteiger partial charge in [0.1, 0.15) is 0 Å². The van der Waals surface area contributed by atoms with Crippen LogP contribution in [0.5, 0.6) is 0 Å². The van der Waals surface area contributed by atoms with Crippen molar-refractivity contribution in [1.82, 2.24) is 0 Å². The third kappa shape index (κ3) is 3.11. The minimum absolute atomic E-state index is 0.446. The lowest BCUT2D eigenvalue weighted by Gasteiger charge is -2.16. The Hall–Kier alpha value is -0.750. The lowest BCUT2D eigenvalue weighted by Crippen LogP contribution is -2.14. The summed E-state index contributed by atoms with van der Waals surface area (Å²) in [5.41, 5.74) is 7.05. The molecule has 1 aromatic heterocycles. The average molecular weight is 340 g/mol. The first-order chi connectivity index (χ1) is 9.20. The molecule has 0 fully saturated rings. The average Bonchev–Trinajstić information content (AvgIpc) is 2.66. The van der Waals surface area contributed by atoms with Gasteiger partial charge >= 0.3 is 6.18 Å². The Morgan fingerprint density at radius 3 is 2.25 bits per heavy atom. The quantitative estimate of drug-likeness (QED) is 0.775. The molecule has 2 aromatic rings. The SMILES string of the molecule is Cc1cc(C(F)(F)F)ccc1C(N)c1cc(Cl)sc1Cl. The highest BCUT2D eigenvalue weighted by Gasteiger charge is 2.31. The van der Waals surface area contributed by atoms with Crippen molar-refractivity contribution in [2.24, 2.45) is 5.73 Å². The number of benzene rings is 1. The molecule has 0 saturated carbocycles. The van der Waals surface area contributed by atoms with E-state index in [9.17, 15) is 13.2 Å². The van der Waals surface area contributed by atoms with Crippen molar-refractivity contribution in [3.63, 3.8) is 0 Å². The van der Waals surface area contributed by atoms with Gasteiger partial charge < -0.3 is 5.73 Å². The first-order valence-electron chi connectivity index (χ1n) is 5.58. The Morgan fingerprint density at radius 1 is 1.15 bits per heavy atom. The fourth-order valence-electron chi connectivity index (χ4n) is 1.93. The molecule has 1 aromatic carbocycles. The van der Waals surface area contributed by atoms with Crippen molar-refractivity contribution in [3.05, 3.63) is 55.2 Å². The summed E-state index contributed by atoms with van der Waals surface area (Å²) in [5, 5.41) is 0. The van der Waals surface area contributed by atoms with Crippen LogP contribution in [0.3, 0.4) is 0 Å². The Labute approximate surface area is 128 Å². The molecule has 0 aliphatic heterocycles. The predicted molar refractivity (Wildman–Crippen MR) is 76.6 cm³/mol. The highest BCUT2D eigenvalue weighted by molar-refractivity contribution is 7.20. The largest absolute Gasteiger partial charge is 0.416 e. The molecule has 0 aliphatic rings. The number of thiophene rings is 1. The summed E-state index contributed by atoms with van der Waals surface area (Å²) in [6, 6.07) is 4.51. The summed E-state index contributed by atoms with van der Waals surface area (Å²) in [6.07, 6.45) is -4.36. The summed E-state index contributed by atoms with van der Waals surface area (Å²) >= 11 is 13.0. The van der Waals surface area contributed by atoms with E-state index in [1.165, 1.54) is 17.4 Å².